The van der Waals surface area contributed by atoms with E-state index in [1.54, 1.807) is 0 Å². The third kappa shape index (κ3) is 2.03. The number of benzene rings is 1. The van der Waals surface area contributed by atoms with Crippen molar-refractivity contribution in [2.24, 2.45) is 0 Å². The molecule has 0 heteroatoms. The molecule has 1 aromatic rings. The highest BCUT2D eigenvalue weighted by atomic mass is 14.2. The van der Waals surface area contributed by atoms with Crippen molar-refractivity contribution in [2.75, 3.05) is 0 Å². The summed E-state index contributed by atoms with van der Waals surface area (Å²) in [5.74, 6) is 0. The van der Waals surface area contributed by atoms with Gasteiger partial charge in [-0.25, -0.2) is 0 Å². The van der Waals surface area contributed by atoms with Crippen molar-refractivity contribution >= 4 is 5.57 Å². The summed E-state index contributed by atoms with van der Waals surface area (Å²) >= 11 is 0. The monoisotopic (exact) mass is 220 g/mol. The predicted molar refractivity (Wildman–Crippen MR) is 73.7 cm³/mol. The molecule has 0 unspecified atom stereocenters. The second-order valence-corrected chi connectivity index (χ2v) is 4.82. The molecule has 3 rings (SSSR count). The fourth-order valence-electron chi connectivity index (χ4n) is 2.52. The van der Waals surface area contributed by atoms with E-state index in [9.17, 15) is 0 Å². The SMILES string of the molecule is C/C1=C/C=C2/C=CC=C(C2)c2ccccc2C1. The van der Waals surface area contributed by atoms with Gasteiger partial charge in [0.05, 0.1) is 0 Å². The fraction of sp³-hybridized carbons (Fsp3) is 0.176. The lowest BCUT2D eigenvalue weighted by molar-refractivity contribution is 1.13. The number of rotatable bonds is 0. The Bertz CT molecular complexity index is 565. The van der Waals surface area contributed by atoms with Crippen molar-refractivity contribution in [2.45, 2.75) is 19.8 Å². The highest BCUT2D eigenvalue weighted by molar-refractivity contribution is 5.74. The molecule has 0 heterocycles. The molecule has 0 fully saturated rings. The van der Waals surface area contributed by atoms with Crippen LogP contribution in [0.5, 0.6) is 0 Å². The molecule has 2 aliphatic carbocycles. The van der Waals surface area contributed by atoms with Gasteiger partial charge in [-0.15, -0.1) is 0 Å². The zero-order valence-corrected chi connectivity index (χ0v) is 10.1. The van der Waals surface area contributed by atoms with E-state index in [4.69, 9.17) is 0 Å². The van der Waals surface area contributed by atoms with E-state index < -0.39 is 0 Å². The third-order valence-electron chi connectivity index (χ3n) is 3.42. The Kier molecular flexibility index (Phi) is 2.56. The summed E-state index contributed by atoms with van der Waals surface area (Å²) in [4.78, 5) is 0. The minimum absolute atomic E-state index is 1.05. The number of hydrogen-bond donors (Lipinski definition) is 0. The van der Waals surface area contributed by atoms with Gasteiger partial charge in [0.1, 0.15) is 0 Å². The Morgan fingerprint density at radius 1 is 0.941 bits per heavy atom. The van der Waals surface area contributed by atoms with Gasteiger partial charge in [-0.05, 0) is 42.0 Å². The summed E-state index contributed by atoms with van der Waals surface area (Å²) < 4.78 is 0. The van der Waals surface area contributed by atoms with Gasteiger partial charge < -0.3 is 0 Å². The maximum atomic E-state index is 2.25. The van der Waals surface area contributed by atoms with Crippen LogP contribution in [0, 0.1) is 0 Å². The first-order valence-corrected chi connectivity index (χ1v) is 6.15. The zero-order valence-electron chi connectivity index (χ0n) is 10.1. The lowest BCUT2D eigenvalue weighted by atomic mass is 9.90. The molecule has 2 bridgehead atoms. The van der Waals surface area contributed by atoms with Crippen molar-refractivity contribution in [3.8, 4) is 0 Å². The maximum absolute atomic E-state index is 2.25. The van der Waals surface area contributed by atoms with Crippen molar-refractivity contribution in [3.63, 3.8) is 0 Å². The molecule has 0 nitrogen and oxygen atoms in total. The summed E-state index contributed by atoms with van der Waals surface area (Å²) in [5, 5.41) is 0. The van der Waals surface area contributed by atoms with E-state index in [0.29, 0.717) is 0 Å². The molecule has 0 amide bonds. The van der Waals surface area contributed by atoms with Crippen LogP contribution in [0.4, 0.5) is 0 Å². The molecule has 0 aliphatic heterocycles. The number of fused-ring (bicyclic) bond motifs is 4. The molecule has 0 spiro atoms. The Balaban J connectivity index is 2.20. The molecule has 17 heavy (non-hydrogen) atoms. The van der Waals surface area contributed by atoms with Crippen LogP contribution in [-0.2, 0) is 6.42 Å². The average Bonchev–Trinajstić information content (AvgIpc) is 2.40. The Morgan fingerprint density at radius 3 is 2.76 bits per heavy atom. The van der Waals surface area contributed by atoms with Gasteiger partial charge in [0.2, 0.25) is 0 Å². The minimum atomic E-state index is 1.05. The number of allylic oxidation sites excluding steroid dienone is 8. The van der Waals surface area contributed by atoms with Crippen LogP contribution in [0.25, 0.3) is 5.57 Å². The van der Waals surface area contributed by atoms with Crippen LogP contribution in [0.2, 0.25) is 0 Å². The van der Waals surface area contributed by atoms with E-state index in [2.05, 4.69) is 61.6 Å². The van der Waals surface area contributed by atoms with Crippen LogP contribution in [-0.4, -0.2) is 0 Å². The van der Waals surface area contributed by atoms with Crippen molar-refractivity contribution in [1.82, 2.24) is 0 Å². The van der Waals surface area contributed by atoms with Crippen LogP contribution >= 0.6 is 0 Å². The topological polar surface area (TPSA) is 0 Å². The second kappa shape index (κ2) is 4.21. The van der Waals surface area contributed by atoms with E-state index in [1.165, 1.54) is 27.8 Å². The molecule has 0 aromatic heterocycles. The molecule has 0 saturated heterocycles. The molecular formula is C17H16. The predicted octanol–water partition coefficient (Wildman–Crippen LogP) is 4.46. The van der Waals surface area contributed by atoms with Crippen molar-refractivity contribution in [1.29, 1.82) is 0 Å². The van der Waals surface area contributed by atoms with Gasteiger partial charge in [-0.3, -0.25) is 0 Å². The Hall–Kier alpha value is -1.82. The van der Waals surface area contributed by atoms with Gasteiger partial charge in [0.25, 0.3) is 0 Å². The van der Waals surface area contributed by atoms with Gasteiger partial charge in [-0.1, -0.05) is 60.2 Å². The largest absolute Gasteiger partial charge is 0.0689 e. The van der Waals surface area contributed by atoms with Gasteiger partial charge in [-0.2, -0.15) is 0 Å². The highest BCUT2D eigenvalue weighted by Crippen LogP contribution is 2.31. The smallest absolute Gasteiger partial charge is 0.00197 e. The van der Waals surface area contributed by atoms with Crippen molar-refractivity contribution in [3.05, 3.63) is 76.9 Å². The first-order chi connectivity index (χ1) is 8.33. The molecule has 0 atom stereocenters. The molecule has 0 radical (unpaired) electrons. The first-order valence-electron chi connectivity index (χ1n) is 6.15. The minimum Gasteiger partial charge on any atom is -0.0689 e. The third-order valence-corrected chi connectivity index (χ3v) is 3.42. The van der Waals surface area contributed by atoms with E-state index in [-0.39, 0.29) is 0 Å². The first kappa shape index (κ1) is 10.3. The fourth-order valence-corrected chi connectivity index (χ4v) is 2.52. The van der Waals surface area contributed by atoms with E-state index >= 15 is 0 Å². The average molecular weight is 220 g/mol. The van der Waals surface area contributed by atoms with Crippen LogP contribution < -0.4 is 0 Å². The highest BCUT2D eigenvalue weighted by Gasteiger charge is 2.12. The quantitative estimate of drug-likeness (QED) is 0.605. The standard InChI is InChI=1S/C17H16/c1-13-9-10-14-5-4-7-16(12-14)17-8-3-2-6-15(17)11-13/h2-10H,11-12H2,1H3/b13-9-,14-10-. The number of hydrogen-bond acceptors (Lipinski definition) is 0. The summed E-state index contributed by atoms with van der Waals surface area (Å²) in [6.07, 6.45) is 13.2. The van der Waals surface area contributed by atoms with Crippen LogP contribution in [0.3, 0.4) is 0 Å². The normalized spacial score (nSPS) is 24.2. The molecular weight excluding hydrogens is 204 g/mol. The zero-order chi connectivity index (χ0) is 11.7. The van der Waals surface area contributed by atoms with Gasteiger partial charge in [0, 0.05) is 0 Å². The van der Waals surface area contributed by atoms with Gasteiger partial charge in [0.15, 0.2) is 0 Å². The van der Waals surface area contributed by atoms with Crippen molar-refractivity contribution < 1.29 is 0 Å². The second-order valence-electron chi connectivity index (χ2n) is 4.82. The maximum Gasteiger partial charge on any atom is -0.00197 e. The van der Waals surface area contributed by atoms with E-state index in [0.717, 1.165) is 12.8 Å². The van der Waals surface area contributed by atoms with Gasteiger partial charge >= 0.3 is 0 Å². The summed E-state index contributed by atoms with van der Waals surface area (Å²) in [7, 11) is 0. The molecule has 1 aromatic carbocycles. The lowest BCUT2D eigenvalue weighted by Crippen LogP contribution is -1.96. The Labute approximate surface area is 103 Å². The Morgan fingerprint density at radius 2 is 1.82 bits per heavy atom. The van der Waals surface area contributed by atoms with E-state index in [1.807, 2.05) is 0 Å². The molecule has 84 valence electrons. The molecule has 0 saturated carbocycles. The summed E-state index contributed by atoms with van der Waals surface area (Å²) in [6, 6.07) is 8.77. The summed E-state index contributed by atoms with van der Waals surface area (Å²) in [5.41, 5.74) is 7.12. The van der Waals surface area contributed by atoms with Crippen LogP contribution in [0.1, 0.15) is 24.5 Å². The molecule has 0 N–H and O–H groups in total. The summed E-state index contributed by atoms with van der Waals surface area (Å²) in [6.45, 7) is 2.21. The molecule has 2 aliphatic rings. The lowest BCUT2D eigenvalue weighted by Gasteiger charge is -2.14. The van der Waals surface area contributed by atoms with Crippen LogP contribution in [0.15, 0.2) is 65.8 Å².